The molecule has 9 nitrogen and oxygen atoms in total. The monoisotopic (exact) mass is 547 g/mol. The van der Waals surface area contributed by atoms with Crippen molar-refractivity contribution in [3.05, 3.63) is 66.2 Å². The molecule has 0 bridgehead atoms. The maximum Gasteiger partial charge on any atom is 0.333 e. The van der Waals surface area contributed by atoms with Gasteiger partial charge < -0.3 is 10.1 Å². The van der Waals surface area contributed by atoms with Crippen LogP contribution in [0.1, 0.15) is 25.3 Å². The van der Waals surface area contributed by atoms with Crippen molar-refractivity contribution in [3.63, 3.8) is 0 Å². The fourth-order valence-corrected chi connectivity index (χ4v) is 6.88. The Hall–Kier alpha value is -3.06. The number of esters is 1. The molecular weight excluding hydrogens is 522 g/mol. The smallest absolute Gasteiger partial charge is 0.333 e. The number of anilines is 1. The summed E-state index contributed by atoms with van der Waals surface area (Å²) < 4.78 is 33.7. The standard InChI is InChI=1S/C24H25N3O6S3/c1-2-33-23(29)14-22-27(24(30)20(35-22)13-17-9-12-34-16-17)15-21(28)25-18-5-7-19(8-6-18)36(31,32)26-10-3-4-11-26/h5-9,12-14,16H,2-4,10-11,15H2,1H3,(H,25,28)/b20-13-,22-14-. The van der Waals surface area contributed by atoms with Gasteiger partial charge in [0.2, 0.25) is 15.9 Å². The Bertz CT molecular complexity index is 1510. The van der Waals surface area contributed by atoms with Crippen LogP contribution in [-0.2, 0) is 30.9 Å². The maximum absolute atomic E-state index is 13.0. The highest BCUT2D eigenvalue weighted by Crippen LogP contribution is 2.22. The lowest BCUT2D eigenvalue weighted by molar-refractivity contribution is -0.135. The molecule has 12 heteroatoms. The van der Waals surface area contributed by atoms with Gasteiger partial charge in [0.25, 0.3) is 5.56 Å². The number of carbonyl (C=O) groups excluding carboxylic acids is 2. The zero-order valence-electron chi connectivity index (χ0n) is 19.5. The largest absolute Gasteiger partial charge is 0.463 e. The van der Waals surface area contributed by atoms with E-state index in [1.54, 1.807) is 13.0 Å². The average molecular weight is 548 g/mol. The molecule has 0 saturated carbocycles. The number of ether oxygens (including phenoxy) is 1. The molecule has 2 aromatic heterocycles. The Morgan fingerprint density at radius 1 is 1.14 bits per heavy atom. The van der Waals surface area contributed by atoms with E-state index in [-0.39, 0.29) is 18.0 Å². The van der Waals surface area contributed by atoms with Gasteiger partial charge >= 0.3 is 5.97 Å². The minimum absolute atomic E-state index is 0.163. The van der Waals surface area contributed by atoms with Crippen LogP contribution >= 0.6 is 22.7 Å². The van der Waals surface area contributed by atoms with Crippen molar-refractivity contribution in [2.45, 2.75) is 31.2 Å². The highest BCUT2D eigenvalue weighted by Gasteiger charge is 2.27. The fourth-order valence-electron chi connectivity index (χ4n) is 3.72. The second-order valence-corrected chi connectivity index (χ2v) is 11.8. The van der Waals surface area contributed by atoms with Crippen LogP contribution in [0, 0.1) is 0 Å². The second kappa shape index (κ2) is 11.3. The number of sulfonamides is 1. The van der Waals surface area contributed by atoms with Gasteiger partial charge in [-0.1, -0.05) is 0 Å². The number of rotatable bonds is 8. The van der Waals surface area contributed by atoms with E-state index in [0.29, 0.717) is 28.0 Å². The first kappa shape index (κ1) is 26.0. The number of amides is 1. The van der Waals surface area contributed by atoms with E-state index in [0.717, 1.165) is 29.7 Å². The summed E-state index contributed by atoms with van der Waals surface area (Å²) in [4.78, 5) is 38.0. The summed E-state index contributed by atoms with van der Waals surface area (Å²) in [6.45, 7) is 2.55. The number of thiazole rings is 1. The van der Waals surface area contributed by atoms with Crippen molar-refractivity contribution in [2.24, 2.45) is 0 Å². The van der Waals surface area contributed by atoms with Crippen molar-refractivity contribution in [1.82, 2.24) is 8.87 Å². The molecule has 1 aromatic carbocycles. The average Bonchev–Trinajstić information content (AvgIpc) is 3.60. The van der Waals surface area contributed by atoms with Crippen molar-refractivity contribution >= 4 is 62.4 Å². The van der Waals surface area contributed by atoms with Crippen LogP contribution in [0.3, 0.4) is 0 Å². The normalized spacial score (nSPS) is 15.4. The van der Waals surface area contributed by atoms with Gasteiger partial charge in [0.1, 0.15) is 11.2 Å². The lowest BCUT2D eigenvalue weighted by Crippen LogP contribution is -2.36. The molecule has 4 rings (SSSR count). The zero-order valence-corrected chi connectivity index (χ0v) is 22.0. The van der Waals surface area contributed by atoms with Crippen molar-refractivity contribution < 1.29 is 22.7 Å². The lowest BCUT2D eigenvalue weighted by atomic mass is 10.3. The van der Waals surface area contributed by atoms with Crippen LogP contribution in [-0.4, -0.2) is 48.9 Å². The molecule has 3 aromatic rings. The summed E-state index contributed by atoms with van der Waals surface area (Å²) in [6.07, 6.45) is 4.60. The molecule has 190 valence electrons. The summed E-state index contributed by atoms with van der Waals surface area (Å²) in [6, 6.07) is 7.79. The van der Waals surface area contributed by atoms with Gasteiger partial charge in [0.05, 0.1) is 22.1 Å². The molecule has 1 aliphatic heterocycles. The highest BCUT2D eigenvalue weighted by atomic mass is 32.2. The molecule has 1 amide bonds. The number of aromatic nitrogens is 1. The fraction of sp³-hybridized carbons (Fsp3) is 0.292. The molecule has 1 saturated heterocycles. The van der Waals surface area contributed by atoms with Crippen LogP contribution in [0.25, 0.3) is 12.2 Å². The van der Waals surface area contributed by atoms with Gasteiger partial charge in [-0.25, -0.2) is 13.2 Å². The predicted molar refractivity (Wildman–Crippen MR) is 140 cm³/mol. The topological polar surface area (TPSA) is 115 Å². The minimum Gasteiger partial charge on any atom is -0.463 e. The third-order valence-electron chi connectivity index (χ3n) is 5.45. The van der Waals surface area contributed by atoms with E-state index < -0.39 is 27.5 Å². The number of nitrogens with zero attached hydrogens (tertiary/aromatic N) is 2. The highest BCUT2D eigenvalue weighted by molar-refractivity contribution is 7.89. The maximum atomic E-state index is 13.0. The minimum atomic E-state index is -3.55. The quantitative estimate of drug-likeness (QED) is 0.428. The number of thiophene rings is 1. The SMILES string of the molecule is CCOC(=O)/C=c1\s/c(=C\c2ccsc2)c(=O)n1CC(=O)Nc1ccc(S(=O)(=O)N2CCCC2)cc1. The first-order valence-corrected chi connectivity index (χ1v) is 14.5. The number of nitrogens with one attached hydrogen (secondary N) is 1. The van der Waals surface area contributed by atoms with Gasteiger partial charge in [0, 0.05) is 18.8 Å². The number of hydrogen-bond donors (Lipinski definition) is 1. The molecule has 1 aliphatic rings. The lowest BCUT2D eigenvalue weighted by Gasteiger charge is -2.15. The van der Waals surface area contributed by atoms with E-state index >= 15 is 0 Å². The molecule has 1 N–H and O–H groups in total. The summed E-state index contributed by atoms with van der Waals surface area (Å²) in [7, 11) is -3.55. The van der Waals surface area contributed by atoms with Crippen LogP contribution in [0.15, 0.2) is 50.8 Å². The molecule has 36 heavy (non-hydrogen) atoms. The first-order chi connectivity index (χ1) is 17.3. The number of hydrogen-bond acceptors (Lipinski definition) is 8. The van der Waals surface area contributed by atoms with Crippen LogP contribution in [0.2, 0.25) is 0 Å². The molecule has 0 spiro atoms. The molecular formula is C24H25N3O6S3. The van der Waals surface area contributed by atoms with E-state index in [2.05, 4.69) is 5.32 Å². The zero-order chi connectivity index (χ0) is 25.7. The predicted octanol–water partition coefficient (Wildman–Crippen LogP) is 1.57. The molecule has 0 unspecified atom stereocenters. The Morgan fingerprint density at radius 3 is 2.50 bits per heavy atom. The molecule has 0 aliphatic carbocycles. The summed E-state index contributed by atoms with van der Waals surface area (Å²) in [5.74, 6) is -1.10. The number of carbonyl (C=O) groups is 2. The van der Waals surface area contributed by atoms with Crippen LogP contribution in [0.4, 0.5) is 5.69 Å². The number of benzene rings is 1. The van der Waals surface area contributed by atoms with Gasteiger partial charge in [-0.05, 0) is 72.5 Å². The molecule has 0 atom stereocenters. The third-order valence-corrected chi connectivity index (χ3v) is 9.12. The summed E-state index contributed by atoms with van der Waals surface area (Å²) in [5, 5.41) is 6.46. The molecule has 3 heterocycles. The van der Waals surface area contributed by atoms with Crippen molar-refractivity contribution in [2.75, 3.05) is 25.0 Å². The Labute approximate surface area is 216 Å². The Kier molecular flexibility index (Phi) is 8.19. The molecule has 1 fully saturated rings. The van der Waals surface area contributed by atoms with E-state index in [1.165, 1.54) is 50.6 Å². The first-order valence-electron chi connectivity index (χ1n) is 11.3. The summed E-state index contributed by atoms with van der Waals surface area (Å²) in [5.41, 5.74) is 0.843. The molecule has 0 radical (unpaired) electrons. The Balaban J connectivity index is 1.56. The van der Waals surface area contributed by atoms with Crippen molar-refractivity contribution in [1.29, 1.82) is 0 Å². The van der Waals surface area contributed by atoms with Crippen LogP contribution < -0.4 is 20.1 Å². The van der Waals surface area contributed by atoms with Gasteiger partial charge in [-0.3, -0.25) is 14.2 Å². The van der Waals surface area contributed by atoms with E-state index in [1.807, 2.05) is 16.8 Å². The van der Waals surface area contributed by atoms with Gasteiger partial charge in [0.15, 0.2) is 0 Å². The third kappa shape index (κ3) is 6.01. The van der Waals surface area contributed by atoms with E-state index in [4.69, 9.17) is 4.74 Å². The van der Waals surface area contributed by atoms with E-state index in [9.17, 15) is 22.8 Å². The van der Waals surface area contributed by atoms with Crippen molar-refractivity contribution in [3.8, 4) is 0 Å². The van der Waals surface area contributed by atoms with Crippen LogP contribution in [0.5, 0.6) is 0 Å². The summed E-state index contributed by atoms with van der Waals surface area (Å²) >= 11 is 2.59. The van der Waals surface area contributed by atoms with Gasteiger partial charge in [-0.2, -0.15) is 15.6 Å². The van der Waals surface area contributed by atoms with Gasteiger partial charge in [-0.15, -0.1) is 11.3 Å². The second-order valence-electron chi connectivity index (χ2n) is 7.98. The Morgan fingerprint density at radius 2 is 1.86 bits per heavy atom.